The van der Waals surface area contributed by atoms with Gasteiger partial charge in [-0.2, -0.15) is 0 Å². The lowest BCUT2D eigenvalue weighted by atomic mass is 9.42. The Morgan fingerprint density at radius 3 is 1.36 bits per heavy atom. The van der Waals surface area contributed by atoms with Crippen molar-refractivity contribution < 1.29 is 0 Å². The first-order valence-corrected chi connectivity index (χ1v) is 20.9. The zero-order valence-electron chi connectivity index (χ0n) is 31.0. The van der Waals surface area contributed by atoms with Gasteiger partial charge in [0.15, 0.2) is 0 Å². The lowest BCUT2D eigenvalue weighted by Gasteiger charge is -2.62. The molecule has 3 heteroatoms. The van der Waals surface area contributed by atoms with Crippen LogP contribution in [0.1, 0.15) is 43.2 Å². The van der Waals surface area contributed by atoms with Crippen molar-refractivity contribution in [3.63, 3.8) is 0 Å². The highest BCUT2D eigenvalue weighted by atomic mass is 32.1. The molecule has 268 valence electrons. The molecule has 0 radical (unpaired) electrons. The van der Waals surface area contributed by atoms with Crippen molar-refractivity contribution in [1.29, 1.82) is 0 Å². The van der Waals surface area contributed by atoms with E-state index in [2.05, 4.69) is 192 Å². The maximum atomic E-state index is 2.51. The fourth-order valence-electron chi connectivity index (χ4n) is 11.3. The monoisotopic (exact) mass is 728 g/mol. The van der Waals surface area contributed by atoms with E-state index >= 15 is 0 Å². The molecule has 4 fully saturated rings. The molecule has 0 aliphatic heterocycles. The molecule has 1 aromatic heterocycles. The molecule has 1 heterocycles. The van der Waals surface area contributed by atoms with Crippen molar-refractivity contribution in [3.8, 4) is 0 Å². The van der Waals surface area contributed by atoms with Crippen molar-refractivity contribution >= 4 is 65.6 Å². The van der Waals surface area contributed by atoms with Crippen LogP contribution in [-0.2, 0) is 5.41 Å². The molecule has 0 spiro atoms. The standard InChI is InChI=1S/C52H44N2S/c1-4-13-42(14-5-1)53(43-15-6-2-7-16-43)45-27-23-38(24-28-45)52(40-32-36-31-37(34-40)35-41(52)33-36)39-25-29-46(30-26-39)54(44-17-8-3-9-18-44)49-21-12-20-48-47-19-10-11-22-50(47)55-51(48)49/h1-30,36-37,40-41H,31-35H2. The fourth-order valence-corrected chi connectivity index (χ4v) is 12.5. The predicted octanol–water partition coefficient (Wildman–Crippen LogP) is 14.7. The van der Waals surface area contributed by atoms with Crippen molar-refractivity contribution in [2.45, 2.75) is 37.5 Å². The Morgan fingerprint density at radius 1 is 0.382 bits per heavy atom. The number of benzene rings is 7. The van der Waals surface area contributed by atoms with Gasteiger partial charge in [0.2, 0.25) is 0 Å². The summed E-state index contributed by atoms with van der Waals surface area (Å²) in [6, 6.07) is 67.7. The van der Waals surface area contributed by atoms with Gasteiger partial charge >= 0.3 is 0 Å². The molecule has 4 bridgehead atoms. The number of hydrogen-bond donors (Lipinski definition) is 0. The topological polar surface area (TPSA) is 6.48 Å². The zero-order chi connectivity index (χ0) is 36.3. The first-order chi connectivity index (χ1) is 27.2. The normalized spacial score (nSPS) is 22.6. The molecule has 4 saturated carbocycles. The molecule has 4 aliphatic carbocycles. The van der Waals surface area contributed by atoms with Gasteiger partial charge in [-0.1, -0.05) is 109 Å². The summed E-state index contributed by atoms with van der Waals surface area (Å²) in [5.74, 6) is 3.10. The van der Waals surface area contributed by atoms with Crippen molar-refractivity contribution in [2.75, 3.05) is 9.80 Å². The molecule has 0 saturated heterocycles. The number of thiophene rings is 1. The minimum Gasteiger partial charge on any atom is -0.311 e. The fraction of sp³-hybridized carbons (Fsp3) is 0.192. The van der Waals surface area contributed by atoms with Crippen LogP contribution in [0.3, 0.4) is 0 Å². The number of hydrogen-bond acceptors (Lipinski definition) is 3. The summed E-state index contributed by atoms with van der Waals surface area (Å²) in [5.41, 5.74) is 10.2. The maximum Gasteiger partial charge on any atom is 0.0640 e. The molecule has 7 aromatic carbocycles. The van der Waals surface area contributed by atoms with Crippen LogP contribution in [-0.4, -0.2) is 0 Å². The summed E-state index contributed by atoms with van der Waals surface area (Å²) in [6.07, 6.45) is 6.84. The number of anilines is 6. The molecule has 0 amide bonds. The number of para-hydroxylation sites is 3. The van der Waals surface area contributed by atoms with Crippen LogP contribution >= 0.6 is 11.3 Å². The zero-order valence-corrected chi connectivity index (χ0v) is 31.8. The van der Waals surface area contributed by atoms with Crippen LogP contribution in [0.4, 0.5) is 34.1 Å². The van der Waals surface area contributed by atoms with Crippen molar-refractivity contribution in [1.82, 2.24) is 0 Å². The van der Waals surface area contributed by atoms with Crippen LogP contribution in [0.2, 0.25) is 0 Å². The molecule has 0 N–H and O–H groups in total. The third-order valence-electron chi connectivity index (χ3n) is 13.3. The quantitative estimate of drug-likeness (QED) is 0.154. The Morgan fingerprint density at radius 2 is 0.818 bits per heavy atom. The predicted molar refractivity (Wildman–Crippen MR) is 233 cm³/mol. The number of rotatable bonds is 8. The van der Waals surface area contributed by atoms with Gasteiger partial charge in [0.25, 0.3) is 0 Å². The van der Waals surface area contributed by atoms with Crippen LogP contribution in [0.5, 0.6) is 0 Å². The molecular formula is C52H44N2S. The highest BCUT2D eigenvalue weighted by Gasteiger charge is 2.58. The first kappa shape index (κ1) is 32.8. The summed E-state index contributed by atoms with van der Waals surface area (Å²) < 4.78 is 2.66. The molecule has 2 nitrogen and oxygen atoms in total. The molecule has 4 aliphatic rings. The van der Waals surface area contributed by atoms with E-state index < -0.39 is 0 Å². The molecule has 8 aromatic rings. The Bertz CT molecular complexity index is 2530. The summed E-state index contributed by atoms with van der Waals surface area (Å²) in [4.78, 5) is 4.86. The molecular weight excluding hydrogens is 685 g/mol. The van der Waals surface area contributed by atoms with E-state index in [0.29, 0.717) is 11.8 Å². The minimum atomic E-state index is 0.0118. The second-order valence-electron chi connectivity index (χ2n) is 16.2. The molecule has 12 rings (SSSR count). The largest absolute Gasteiger partial charge is 0.311 e. The second-order valence-corrected chi connectivity index (χ2v) is 17.2. The van der Waals surface area contributed by atoms with E-state index in [9.17, 15) is 0 Å². The summed E-state index contributed by atoms with van der Waals surface area (Å²) in [7, 11) is 0. The van der Waals surface area contributed by atoms with Gasteiger partial charge in [-0.05, 0) is 140 Å². The van der Waals surface area contributed by atoms with Gasteiger partial charge in [0, 0.05) is 49.3 Å². The second kappa shape index (κ2) is 13.3. The Balaban J connectivity index is 1.03. The van der Waals surface area contributed by atoms with Crippen molar-refractivity contribution in [2.24, 2.45) is 23.7 Å². The van der Waals surface area contributed by atoms with E-state index in [1.807, 2.05) is 11.3 Å². The summed E-state index contributed by atoms with van der Waals surface area (Å²) in [6.45, 7) is 0. The van der Waals surface area contributed by atoms with Crippen LogP contribution in [0.25, 0.3) is 20.2 Å². The SMILES string of the molecule is c1ccc(N(c2ccccc2)c2ccc(C3(c4ccc(N(c5ccccc5)c5cccc6c5sc5ccccc56)cc4)C4CC5CC(C4)CC3C5)cc2)cc1. The van der Waals surface area contributed by atoms with Crippen LogP contribution in [0, 0.1) is 23.7 Å². The molecule has 0 atom stereocenters. The average Bonchev–Trinajstić information content (AvgIpc) is 3.63. The average molecular weight is 729 g/mol. The molecule has 55 heavy (non-hydrogen) atoms. The van der Waals surface area contributed by atoms with Crippen LogP contribution < -0.4 is 9.80 Å². The molecule has 0 unspecified atom stereocenters. The van der Waals surface area contributed by atoms with Crippen LogP contribution in [0.15, 0.2) is 182 Å². The van der Waals surface area contributed by atoms with E-state index in [1.54, 1.807) is 0 Å². The van der Waals surface area contributed by atoms with E-state index in [0.717, 1.165) is 11.8 Å². The van der Waals surface area contributed by atoms with Gasteiger partial charge in [-0.25, -0.2) is 0 Å². The highest BCUT2D eigenvalue weighted by Crippen LogP contribution is 2.65. The lowest BCUT2D eigenvalue weighted by molar-refractivity contribution is -0.0418. The smallest absolute Gasteiger partial charge is 0.0640 e. The Labute approximate surface area is 328 Å². The highest BCUT2D eigenvalue weighted by molar-refractivity contribution is 7.26. The first-order valence-electron chi connectivity index (χ1n) is 20.1. The lowest BCUT2D eigenvalue weighted by Crippen LogP contribution is -2.56. The third kappa shape index (κ3) is 5.35. The summed E-state index contributed by atoms with van der Waals surface area (Å²) >= 11 is 1.90. The minimum absolute atomic E-state index is 0.0118. The van der Waals surface area contributed by atoms with Gasteiger partial charge in [0.05, 0.1) is 10.4 Å². The van der Waals surface area contributed by atoms with Gasteiger partial charge in [0.1, 0.15) is 0 Å². The summed E-state index contributed by atoms with van der Waals surface area (Å²) in [5, 5.41) is 2.66. The number of fused-ring (bicyclic) bond motifs is 3. The number of nitrogens with zero attached hydrogens (tertiary/aromatic N) is 2. The van der Waals surface area contributed by atoms with E-state index in [-0.39, 0.29) is 5.41 Å². The van der Waals surface area contributed by atoms with Gasteiger partial charge in [-0.3, -0.25) is 0 Å². The maximum absolute atomic E-state index is 2.51. The van der Waals surface area contributed by atoms with Gasteiger partial charge in [-0.15, -0.1) is 11.3 Å². The van der Waals surface area contributed by atoms with E-state index in [4.69, 9.17) is 0 Å². The van der Waals surface area contributed by atoms with Gasteiger partial charge < -0.3 is 9.80 Å². The Hall–Kier alpha value is -5.64. The Kier molecular flexibility index (Phi) is 7.91. The van der Waals surface area contributed by atoms with E-state index in [1.165, 1.54) is 97.5 Å². The third-order valence-corrected chi connectivity index (χ3v) is 14.5. The van der Waals surface area contributed by atoms with Crippen molar-refractivity contribution in [3.05, 3.63) is 193 Å².